The van der Waals surface area contributed by atoms with Crippen molar-refractivity contribution in [2.75, 3.05) is 16.7 Å². The van der Waals surface area contributed by atoms with Crippen molar-refractivity contribution in [1.82, 2.24) is 9.38 Å². The Morgan fingerprint density at radius 2 is 1.77 bits per heavy atom. The van der Waals surface area contributed by atoms with Gasteiger partial charge in [0, 0.05) is 25.0 Å². The lowest BCUT2D eigenvalue weighted by atomic mass is 10.3. The molecule has 4 aromatic rings. The van der Waals surface area contributed by atoms with Gasteiger partial charge in [-0.3, -0.25) is 13.5 Å². The van der Waals surface area contributed by atoms with Crippen molar-refractivity contribution in [2.45, 2.75) is 18.4 Å². The summed E-state index contributed by atoms with van der Waals surface area (Å²) in [5, 5.41) is 3.16. The molecule has 0 bridgehead atoms. The molecule has 7 nitrogen and oxygen atoms in total. The molecule has 4 rings (SSSR count). The number of pyridine rings is 1. The zero-order chi connectivity index (χ0) is 22.0. The molecule has 0 saturated carbocycles. The van der Waals surface area contributed by atoms with E-state index < -0.39 is 10.0 Å². The number of hydrogen-bond acceptors (Lipinski definition) is 5. The number of nitrogens with one attached hydrogen (secondary N) is 1. The lowest BCUT2D eigenvalue weighted by Gasteiger charge is -2.20. The van der Waals surface area contributed by atoms with E-state index in [1.54, 1.807) is 60.8 Å². The van der Waals surface area contributed by atoms with Gasteiger partial charge in [0.15, 0.2) is 0 Å². The second-order valence-corrected chi connectivity index (χ2v) is 9.18. The molecule has 0 spiro atoms. The van der Waals surface area contributed by atoms with Crippen LogP contribution in [0.3, 0.4) is 0 Å². The van der Waals surface area contributed by atoms with Crippen LogP contribution in [0.15, 0.2) is 88.7 Å². The van der Waals surface area contributed by atoms with Gasteiger partial charge in [0.05, 0.1) is 22.8 Å². The minimum absolute atomic E-state index is 0.161. The number of aryl methyl sites for hydroxylation is 1. The van der Waals surface area contributed by atoms with Gasteiger partial charge in [-0.05, 0) is 48.9 Å². The molecule has 2 aromatic heterocycles. The number of aromatic nitrogens is 2. The summed E-state index contributed by atoms with van der Waals surface area (Å²) in [6.45, 7) is 2.20. The van der Waals surface area contributed by atoms with E-state index in [4.69, 9.17) is 0 Å². The van der Waals surface area contributed by atoms with E-state index in [0.717, 1.165) is 5.56 Å². The molecule has 0 unspecified atom stereocenters. The predicted octanol–water partition coefficient (Wildman–Crippen LogP) is 3.44. The van der Waals surface area contributed by atoms with E-state index >= 15 is 0 Å². The van der Waals surface area contributed by atoms with Gasteiger partial charge in [-0.25, -0.2) is 13.4 Å². The Morgan fingerprint density at radius 3 is 2.55 bits per heavy atom. The van der Waals surface area contributed by atoms with Crippen molar-refractivity contribution in [2.24, 2.45) is 0 Å². The first-order valence-electron chi connectivity index (χ1n) is 9.71. The molecular weight excluding hydrogens is 412 g/mol. The van der Waals surface area contributed by atoms with Crippen molar-refractivity contribution >= 4 is 27.0 Å². The van der Waals surface area contributed by atoms with Crippen molar-refractivity contribution in [1.29, 1.82) is 0 Å². The SMILES string of the molecule is Cc1ccc2nc(CNc3cccc(S(=O)(=O)N(C)c4ccccc4)c3)cc(=O)n2c1. The first-order valence-corrected chi connectivity index (χ1v) is 11.2. The summed E-state index contributed by atoms with van der Waals surface area (Å²) < 4.78 is 28.8. The molecule has 0 atom stereocenters. The van der Waals surface area contributed by atoms with Crippen LogP contribution in [0, 0.1) is 6.92 Å². The van der Waals surface area contributed by atoms with Crippen molar-refractivity contribution in [3.05, 3.63) is 101 Å². The van der Waals surface area contributed by atoms with Crippen LogP contribution < -0.4 is 15.2 Å². The normalized spacial score (nSPS) is 11.4. The minimum atomic E-state index is -3.71. The Bertz CT molecular complexity index is 1400. The van der Waals surface area contributed by atoms with Gasteiger partial charge in [-0.15, -0.1) is 0 Å². The molecular formula is C23H22N4O3S. The molecule has 0 saturated heterocycles. The Morgan fingerprint density at radius 1 is 1.00 bits per heavy atom. The van der Waals surface area contributed by atoms with E-state index in [1.165, 1.54) is 21.8 Å². The molecule has 0 fully saturated rings. The average molecular weight is 435 g/mol. The minimum Gasteiger partial charge on any atom is -0.379 e. The van der Waals surface area contributed by atoms with Crippen LogP contribution in [-0.2, 0) is 16.6 Å². The van der Waals surface area contributed by atoms with E-state index in [-0.39, 0.29) is 17.0 Å². The summed E-state index contributed by atoms with van der Waals surface area (Å²) in [4.78, 5) is 17.0. The summed E-state index contributed by atoms with van der Waals surface area (Å²) in [7, 11) is -2.19. The monoisotopic (exact) mass is 434 g/mol. The van der Waals surface area contributed by atoms with Crippen molar-refractivity contribution in [3.63, 3.8) is 0 Å². The molecule has 0 amide bonds. The zero-order valence-corrected chi connectivity index (χ0v) is 18.0. The van der Waals surface area contributed by atoms with Gasteiger partial charge < -0.3 is 5.32 Å². The molecule has 158 valence electrons. The molecule has 0 radical (unpaired) electrons. The molecule has 8 heteroatoms. The van der Waals surface area contributed by atoms with Gasteiger partial charge in [-0.1, -0.05) is 30.3 Å². The molecule has 0 aliphatic carbocycles. The fourth-order valence-electron chi connectivity index (χ4n) is 3.24. The van der Waals surface area contributed by atoms with Crippen LogP contribution in [0.5, 0.6) is 0 Å². The summed E-state index contributed by atoms with van der Waals surface area (Å²) >= 11 is 0. The highest BCUT2D eigenvalue weighted by Gasteiger charge is 2.21. The number of para-hydroxylation sites is 1. The molecule has 1 N–H and O–H groups in total. The smallest absolute Gasteiger partial charge is 0.264 e. The maximum atomic E-state index is 13.0. The van der Waals surface area contributed by atoms with Crippen molar-refractivity contribution < 1.29 is 8.42 Å². The third-order valence-corrected chi connectivity index (χ3v) is 6.73. The van der Waals surface area contributed by atoms with Gasteiger partial charge in [0.1, 0.15) is 5.65 Å². The van der Waals surface area contributed by atoms with Gasteiger partial charge >= 0.3 is 0 Å². The Hall–Kier alpha value is -3.65. The number of rotatable bonds is 6. The second kappa shape index (κ2) is 8.23. The van der Waals surface area contributed by atoms with E-state index in [9.17, 15) is 13.2 Å². The van der Waals surface area contributed by atoms with E-state index in [1.807, 2.05) is 19.1 Å². The maximum absolute atomic E-state index is 13.0. The first-order chi connectivity index (χ1) is 14.8. The standard InChI is InChI=1S/C23H22N4O3S/c1-17-11-12-22-25-19(14-23(28)27(22)16-17)15-24-18-7-6-10-21(13-18)31(29,30)26(2)20-8-4-3-5-9-20/h3-14,16,24H,15H2,1-2H3. The first kappa shape index (κ1) is 20.6. The summed E-state index contributed by atoms with van der Waals surface area (Å²) in [5.74, 6) is 0. The third kappa shape index (κ3) is 4.29. The highest BCUT2D eigenvalue weighted by atomic mass is 32.2. The Labute approximate surface area is 180 Å². The third-order valence-electron chi connectivity index (χ3n) is 4.95. The van der Waals surface area contributed by atoms with Crippen LogP contribution in [0.2, 0.25) is 0 Å². The summed E-state index contributed by atoms with van der Waals surface area (Å²) in [6, 6.07) is 20.7. The highest BCUT2D eigenvalue weighted by molar-refractivity contribution is 7.92. The number of nitrogens with zero attached hydrogens (tertiary/aromatic N) is 3. The number of sulfonamides is 1. The second-order valence-electron chi connectivity index (χ2n) is 7.21. The Kier molecular flexibility index (Phi) is 5.48. The fraction of sp³-hybridized carbons (Fsp3) is 0.130. The number of hydrogen-bond donors (Lipinski definition) is 1. The Balaban J connectivity index is 1.56. The predicted molar refractivity (Wildman–Crippen MR) is 122 cm³/mol. The van der Waals surface area contributed by atoms with Crippen LogP contribution in [0.25, 0.3) is 5.65 Å². The number of anilines is 2. The van der Waals surface area contributed by atoms with Crippen LogP contribution in [0.1, 0.15) is 11.3 Å². The van der Waals surface area contributed by atoms with Crippen LogP contribution in [0.4, 0.5) is 11.4 Å². The molecule has 0 aliphatic heterocycles. The quantitative estimate of drug-likeness (QED) is 0.503. The lowest BCUT2D eigenvalue weighted by molar-refractivity contribution is 0.594. The number of benzene rings is 2. The largest absolute Gasteiger partial charge is 0.379 e. The summed E-state index contributed by atoms with van der Waals surface area (Å²) in [6.07, 6.45) is 1.75. The highest BCUT2D eigenvalue weighted by Crippen LogP contribution is 2.23. The van der Waals surface area contributed by atoms with E-state index in [0.29, 0.717) is 22.7 Å². The summed E-state index contributed by atoms with van der Waals surface area (Å²) in [5.41, 5.74) is 3.15. The van der Waals surface area contributed by atoms with Crippen LogP contribution in [-0.4, -0.2) is 24.9 Å². The lowest BCUT2D eigenvalue weighted by Crippen LogP contribution is -2.26. The topological polar surface area (TPSA) is 83.8 Å². The van der Waals surface area contributed by atoms with Crippen LogP contribution >= 0.6 is 0 Å². The van der Waals surface area contributed by atoms with E-state index in [2.05, 4.69) is 10.3 Å². The van der Waals surface area contributed by atoms with Gasteiger partial charge in [0.25, 0.3) is 15.6 Å². The van der Waals surface area contributed by atoms with Crippen molar-refractivity contribution in [3.8, 4) is 0 Å². The molecule has 31 heavy (non-hydrogen) atoms. The molecule has 2 aromatic carbocycles. The van der Waals surface area contributed by atoms with Gasteiger partial charge in [0.2, 0.25) is 0 Å². The molecule has 0 aliphatic rings. The number of fused-ring (bicyclic) bond motifs is 1. The molecule has 2 heterocycles. The van der Waals surface area contributed by atoms with Gasteiger partial charge in [-0.2, -0.15) is 0 Å². The fourth-order valence-corrected chi connectivity index (χ4v) is 4.48. The maximum Gasteiger partial charge on any atom is 0.264 e. The average Bonchev–Trinajstić information content (AvgIpc) is 2.78. The zero-order valence-electron chi connectivity index (χ0n) is 17.2.